The van der Waals surface area contributed by atoms with E-state index in [-0.39, 0.29) is 0 Å². The van der Waals surface area contributed by atoms with Crippen LogP contribution in [0.2, 0.25) is 19.6 Å². The van der Waals surface area contributed by atoms with E-state index in [1.807, 2.05) is 0 Å². The van der Waals surface area contributed by atoms with Crippen LogP contribution in [0, 0.1) is 0 Å². The Balaban J connectivity index is 3.30. The van der Waals surface area contributed by atoms with Crippen molar-refractivity contribution in [2.75, 3.05) is 12.7 Å². The van der Waals surface area contributed by atoms with E-state index in [4.69, 9.17) is 0 Å². The van der Waals surface area contributed by atoms with Crippen LogP contribution >= 0.6 is 0 Å². The van der Waals surface area contributed by atoms with Gasteiger partial charge in [-0.05, 0) is 6.42 Å². The summed E-state index contributed by atoms with van der Waals surface area (Å²) in [5.74, 6) is 0. The number of hydrogen-bond donors (Lipinski definition) is 0. The van der Waals surface area contributed by atoms with E-state index in [2.05, 4.69) is 36.8 Å². The third-order valence-corrected chi connectivity index (χ3v) is 2.35. The average Bonchev–Trinajstić information content (AvgIpc) is 1.85. The van der Waals surface area contributed by atoms with E-state index in [0.29, 0.717) is 0 Å². The molecule has 0 saturated heterocycles. The summed E-state index contributed by atoms with van der Waals surface area (Å²) < 4.78 is 0. The van der Waals surface area contributed by atoms with Gasteiger partial charge in [0.05, 0.1) is 20.8 Å². The summed E-state index contributed by atoms with van der Waals surface area (Å²) in [5, 5.41) is 8.27. The molecule has 0 atom stereocenters. The van der Waals surface area contributed by atoms with Gasteiger partial charge in [0.2, 0.25) is 0 Å². The minimum absolute atomic E-state index is 0.918. The first-order chi connectivity index (χ1) is 5.06. The Kier molecular flexibility index (Phi) is 5.37. The molecule has 0 unspecified atom stereocenters. The van der Waals surface area contributed by atoms with Crippen molar-refractivity contribution in [2.45, 2.75) is 39.4 Å². The summed E-state index contributed by atoms with van der Waals surface area (Å²) in [6.07, 6.45) is 3.37. The lowest BCUT2D eigenvalue weighted by Gasteiger charge is -2.09. The quantitative estimate of drug-likeness (QED) is 0.346. The van der Waals surface area contributed by atoms with Gasteiger partial charge in [-0.1, -0.05) is 33.0 Å². The molecular formula is C8H20N2Si. The molecule has 0 aliphatic heterocycles. The zero-order valence-electron chi connectivity index (χ0n) is 8.22. The second-order valence-corrected chi connectivity index (χ2v) is 9.52. The van der Waals surface area contributed by atoms with Crippen molar-refractivity contribution in [1.29, 1.82) is 0 Å². The fraction of sp³-hybridized carbons (Fsp3) is 1.00. The monoisotopic (exact) mass is 172 g/mol. The number of unbranched alkanes of at least 4 members (excludes halogenated alkanes) is 1. The van der Waals surface area contributed by atoms with Crippen LogP contribution in [0.1, 0.15) is 19.8 Å². The van der Waals surface area contributed by atoms with E-state index < -0.39 is 8.07 Å². The van der Waals surface area contributed by atoms with Crippen LogP contribution in [0.25, 0.3) is 0 Å². The topological polar surface area (TPSA) is 24.7 Å². The molecule has 0 radical (unpaired) electrons. The predicted octanol–water partition coefficient (Wildman–Crippen LogP) is 3.12. The average molecular weight is 172 g/mol. The number of rotatable bonds is 5. The third kappa shape index (κ3) is 9.82. The van der Waals surface area contributed by atoms with Crippen LogP contribution in [-0.2, 0) is 0 Å². The van der Waals surface area contributed by atoms with E-state index in [9.17, 15) is 0 Å². The van der Waals surface area contributed by atoms with Crippen LogP contribution in [-0.4, -0.2) is 20.8 Å². The fourth-order valence-corrected chi connectivity index (χ4v) is 1.09. The molecule has 0 spiro atoms. The Labute approximate surface area is 71.1 Å². The zero-order chi connectivity index (χ0) is 8.74. The van der Waals surface area contributed by atoms with Gasteiger partial charge in [0.1, 0.15) is 0 Å². The Morgan fingerprint density at radius 1 is 1.09 bits per heavy atom. The number of nitrogens with zero attached hydrogens (tertiary/aromatic N) is 2. The van der Waals surface area contributed by atoms with Crippen LogP contribution < -0.4 is 0 Å². The molecule has 0 N–H and O–H groups in total. The van der Waals surface area contributed by atoms with Crippen LogP contribution in [0.5, 0.6) is 0 Å². The molecule has 0 saturated carbocycles. The van der Waals surface area contributed by atoms with Crippen molar-refractivity contribution in [1.82, 2.24) is 0 Å². The Morgan fingerprint density at radius 2 is 1.73 bits per heavy atom. The standard InChI is InChI=1S/C8H20N2Si/c1-5-6-7-9-10-8-11(2,3)4/h5-8H2,1-4H3/b10-9+. The highest BCUT2D eigenvalue weighted by Crippen LogP contribution is 2.00. The molecule has 0 amide bonds. The molecule has 3 heteroatoms. The second-order valence-electron chi connectivity index (χ2n) is 4.08. The molecule has 0 aliphatic carbocycles. The van der Waals surface area contributed by atoms with Gasteiger partial charge in [0.15, 0.2) is 0 Å². The molecule has 0 rings (SSSR count). The summed E-state index contributed by atoms with van der Waals surface area (Å²) in [7, 11) is -0.978. The largest absolute Gasteiger partial charge is 0.198 e. The van der Waals surface area contributed by atoms with Gasteiger partial charge in [0, 0.05) is 0 Å². The van der Waals surface area contributed by atoms with Crippen molar-refractivity contribution in [3.8, 4) is 0 Å². The van der Waals surface area contributed by atoms with Crippen LogP contribution in [0.4, 0.5) is 0 Å². The van der Waals surface area contributed by atoms with Gasteiger partial charge in [-0.15, -0.1) is 0 Å². The molecule has 0 heterocycles. The first-order valence-corrected chi connectivity index (χ1v) is 8.10. The smallest absolute Gasteiger partial charge is 0.0716 e. The lowest BCUT2D eigenvalue weighted by Crippen LogP contribution is -2.24. The molecule has 0 aromatic carbocycles. The number of azo groups is 1. The van der Waals surface area contributed by atoms with Crippen molar-refractivity contribution in [2.24, 2.45) is 10.2 Å². The molecule has 0 aliphatic rings. The van der Waals surface area contributed by atoms with Gasteiger partial charge >= 0.3 is 0 Å². The molecule has 66 valence electrons. The van der Waals surface area contributed by atoms with Crippen molar-refractivity contribution >= 4 is 8.07 Å². The van der Waals surface area contributed by atoms with Gasteiger partial charge in [-0.3, -0.25) is 0 Å². The summed E-state index contributed by atoms with van der Waals surface area (Å²) >= 11 is 0. The Bertz CT molecular complexity index is 116. The third-order valence-electron chi connectivity index (χ3n) is 1.26. The first kappa shape index (κ1) is 10.8. The van der Waals surface area contributed by atoms with Gasteiger partial charge in [-0.25, -0.2) is 0 Å². The molecule has 0 aromatic heterocycles. The molecule has 0 aromatic rings. The molecular weight excluding hydrogens is 152 g/mol. The highest BCUT2D eigenvalue weighted by molar-refractivity contribution is 6.76. The first-order valence-electron chi connectivity index (χ1n) is 4.39. The minimum atomic E-state index is -0.978. The van der Waals surface area contributed by atoms with Gasteiger partial charge in [0.25, 0.3) is 0 Å². The predicted molar refractivity (Wildman–Crippen MR) is 52.8 cm³/mol. The molecule has 0 fully saturated rings. The maximum absolute atomic E-state index is 4.17. The number of hydrogen-bond acceptors (Lipinski definition) is 2. The minimum Gasteiger partial charge on any atom is -0.198 e. The fourth-order valence-electron chi connectivity index (χ4n) is 0.562. The van der Waals surface area contributed by atoms with E-state index in [0.717, 1.165) is 12.7 Å². The summed E-state index contributed by atoms with van der Waals surface area (Å²) in [6, 6.07) is 0. The molecule has 0 bridgehead atoms. The highest BCUT2D eigenvalue weighted by Gasteiger charge is 2.10. The van der Waals surface area contributed by atoms with Crippen molar-refractivity contribution < 1.29 is 0 Å². The summed E-state index contributed by atoms with van der Waals surface area (Å²) in [5.41, 5.74) is 0. The van der Waals surface area contributed by atoms with Crippen molar-refractivity contribution in [3.05, 3.63) is 0 Å². The van der Waals surface area contributed by atoms with Crippen molar-refractivity contribution in [3.63, 3.8) is 0 Å². The summed E-state index contributed by atoms with van der Waals surface area (Å²) in [4.78, 5) is 0. The van der Waals surface area contributed by atoms with E-state index in [1.165, 1.54) is 12.8 Å². The maximum atomic E-state index is 4.17. The normalized spacial score (nSPS) is 12.7. The Morgan fingerprint density at radius 3 is 2.18 bits per heavy atom. The molecule has 2 nitrogen and oxygen atoms in total. The van der Waals surface area contributed by atoms with E-state index >= 15 is 0 Å². The Hall–Kier alpha value is -0.183. The maximum Gasteiger partial charge on any atom is 0.0716 e. The molecule has 11 heavy (non-hydrogen) atoms. The van der Waals surface area contributed by atoms with Crippen LogP contribution in [0.3, 0.4) is 0 Å². The highest BCUT2D eigenvalue weighted by atomic mass is 28.3. The van der Waals surface area contributed by atoms with Crippen LogP contribution in [0.15, 0.2) is 10.2 Å². The van der Waals surface area contributed by atoms with Gasteiger partial charge in [-0.2, -0.15) is 10.2 Å². The summed E-state index contributed by atoms with van der Waals surface area (Å²) in [6.45, 7) is 10.0. The lowest BCUT2D eigenvalue weighted by atomic mass is 10.3. The zero-order valence-corrected chi connectivity index (χ0v) is 9.22. The lowest BCUT2D eigenvalue weighted by molar-refractivity contribution is 0.769. The second kappa shape index (κ2) is 5.47. The SMILES string of the molecule is CCCC/N=N/C[Si](C)(C)C. The van der Waals surface area contributed by atoms with Gasteiger partial charge < -0.3 is 0 Å². The van der Waals surface area contributed by atoms with E-state index in [1.54, 1.807) is 0 Å².